The summed E-state index contributed by atoms with van der Waals surface area (Å²) in [7, 11) is 0. The summed E-state index contributed by atoms with van der Waals surface area (Å²) in [6, 6.07) is 4.01. The highest BCUT2D eigenvalue weighted by Crippen LogP contribution is 2.14. The van der Waals surface area contributed by atoms with E-state index in [1.54, 1.807) is 12.4 Å². The van der Waals surface area contributed by atoms with Gasteiger partial charge in [0.1, 0.15) is 11.6 Å². The highest BCUT2D eigenvalue weighted by atomic mass is 19.1. The van der Waals surface area contributed by atoms with Gasteiger partial charge in [-0.05, 0) is 17.7 Å². The molecule has 0 atom stereocenters. The normalized spacial score (nSPS) is 10.6. The number of halogens is 1. The number of hydrogen-bond donors (Lipinski definition) is 3. The molecule has 0 aliphatic rings. The first kappa shape index (κ1) is 10.6. The van der Waals surface area contributed by atoms with Crippen molar-refractivity contribution >= 4 is 0 Å². The fraction of sp³-hybridized carbons (Fsp3) is 0.182. The van der Waals surface area contributed by atoms with E-state index in [1.165, 1.54) is 12.1 Å². The molecule has 0 aliphatic heterocycles. The Balaban J connectivity index is 1.89. The first-order valence-corrected chi connectivity index (χ1v) is 4.91. The molecule has 0 bridgehead atoms. The van der Waals surface area contributed by atoms with Gasteiger partial charge in [0, 0.05) is 30.9 Å². The second kappa shape index (κ2) is 4.76. The molecule has 4 nitrogen and oxygen atoms in total. The number of rotatable bonds is 4. The molecule has 16 heavy (non-hydrogen) atoms. The molecule has 2 aromatic rings. The Kier molecular flexibility index (Phi) is 3.16. The summed E-state index contributed by atoms with van der Waals surface area (Å²) in [6.45, 7) is 1.14. The minimum Gasteiger partial charge on any atom is -0.508 e. The number of phenols is 1. The van der Waals surface area contributed by atoms with Gasteiger partial charge in [0.25, 0.3) is 0 Å². The number of aromatic nitrogens is 2. The van der Waals surface area contributed by atoms with Gasteiger partial charge >= 0.3 is 0 Å². The van der Waals surface area contributed by atoms with Gasteiger partial charge in [-0.25, -0.2) is 4.39 Å². The molecule has 1 aromatic heterocycles. The van der Waals surface area contributed by atoms with Gasteiger partial charge in [0.2, 0.25) is 0 Å². The molecule has 0 aliphatic carbocycles. The van der Waals surface area contributed by atoms with Crippen molar-refractivity contribution in [2.75, 3.05) is 0 Å². The van der Waals surface area contributed by atoms with Crippen molar-refractivity contribution in [3.05, 3.63) is 47.5 Å². The molecule has 2 rings (SSSR count). The third-order valence-electron chi connectivity index (χ3n) is 2.16. The lowest BCUT2D eigenvalue weighted by Gasteiger charge is -2.04. The van der Waals surface area contributed by atoms with E-state index in [2.05, 4.69) is 15.5 Å². The van der Waals surface area contributed by atoms with E-state index in [0.29, 0.717) is 18.7 Å². The second-order valence-corrected chi connectivity index (χ2v) is 3.53. The van der Waals surface area contributed by atoms with Gasteiger partial charge in [0.15, 0.2) is 0 Å². The summed E-state index contributed by atoms with van der Waals surface area (Å²) < 4.78 is 12.9. The van der Waals surface area contributed by atoms with E-state index >= 15 is 0 Å². The fourth-order valence-corrected chi connectivity index (χ4v) is 1.46. The molecule has 5 heteroatoms. The highest BCUT2D eigenvalue weighted by Gasteiger charge is 2.00. The van der Waals surface area contributed by atoms with Crippen LogP contribution in [0, 0.1) is 5.82 Å². The van der Waals surface area contributed by atoms with Crippen molar-refractivity contribution in [3.8, 4) is 5.75 Å². The van der Waals surface area contributed by atoms with Crippen molar-refractivity contribution in [3.63, 3.8) is 0 Å². The standard InChI is InChI=1S/C11H12FN3O/c12-10-1-8(2-11(16)3-10)4-13-5-9-6-14-15-7-9/h1-3,6-7,13,16H,4-5H2,(H,14,15). The third kappa shape index (κ3) is 2.80. The number of nitrogens with one attached hydrogen (secondary N) is 2. The van der Waals surface area contributed by atoms with Crippen LogP contribution in [0.2, 0.25) is 0 Å². The largest absolute Gasteiger partial charge is 0.508 e. The molecule has 0 spiro atoms. The summed E-state index contributed by atoms with van der Waals surface area (Å²) in [5.41, 5.74) is 1.74. The zero-order valence-electron chi connectivity index (χ0n) is 8.57. The van der Waals surface area contributed by atoms with Crippen molar-refractivity contribution in [2.24, 2.45) is 0 Å². The molecule has 0 saturated heterocycles. The first-order chi connectivity index (χ1) is 7.74. The summed E-state index contributed by atoms with van der Waals surface area (Å²) in [4.78, 5) is 0. The Morgan fingerprint density at radius 1 is 1.25 bits per heavy atom. The molecular formula is C11H12FN3O. The van der Waals surface area contributed by atoms with Crippen LogP contribution in [-0.2, 0) is 13.1 Å². The SMILES string of the molecule is Oc1cc(F)cc(CNCc2cn[nH]c2)c1. The average Bonchev–Trinajstić information content (AvgIpc) is 2.69. The molecule has 3 N–H and O–H groups in total. The van der Waals surface area contributed by atoms with E-state index in [1.807, 2.05) is 0 Å². The Hall–Kier alpha value is -1.88. The average molecular weight is 221 g/mol. The number of hydrogen-bond acceptors (Lipinski definition) is 3. The lowest BCUT2D eigenvalue weighted by molar-refractivity contribution is 0.467. The van der Waals surface area contributed by atoms with Crippen LogP contribution in [0.4, 0.5) is 4.39 Å². The topological polar surface area (TPSA) is 60.9 Å². The Labute approximate surface area is 92.1 Å². The van der Waals surface area contributed by atoms with Crippen LogP contribution >= 0.6 is 0 Å². The van der Waals surface area contributed by atoms with E-state index in [-0.39, 0.29) is 5.75 Å². The minimum absolute atomic E-state index is 0.0555. The van der Waals surface area contributed by atoms with Gasteiger partial charge < -0.3 is 10.4 Å². The number of benzene rings is 1. The monoisotopic (exact) mass is 221 g/mol. The maximum absolute atomic E-state index is 12.9. The van der Waals surface area contributed by atoms with Gasteiger partial charge in [-0.3, -0.25) is 5.10 Å². The van der Waals surface area contributed by atoms with E-state index in [9.17, 15) is 9.50 Å². The molecule has 0 radical (unpaired) electrons. The molecule has 1 heterocycles. The van der Waals surface area contributed by atoms with Gasteiger partial charge in [-0.1, -0.05) is 0 Å². The van der Waals surface area contributed by atoms with Crippen molar-refractivity contribution in [1.29, 1.82) is 0 Å². The number of H-pyrrole nitrogens is 1. The van der Waals surface area contributed by atoms with Crippen LogP contribution in [0.1, 0.15) is 11.1 Å². The zero-order chi connectivity index (χ0) is 11.4. The Bertz CT molecular complexity index is 436. The third-order valence-corrected chi connectivity index (χ3v) is 2.16. The molecule has 0 amide bonds. The molecule has 84 valence electrons. The summed E-state index contributed by atoms with van der Waals surface area (Å²) in [6.07, 6.45) is 3.51. The van der Waals surface area contributed by atoms with Crippen molar-refractivity contribution in [1.82, 2.24) is 15.5 Å². The lowest BCUT2D eigenvalue weighted by atomic mass is 10.2. The summed E-state index contributed by atoms with van der Waals surface area (Å²) in [5.74, 6) is -0.486. The van der Waals surface area contributed by atoms with Crippen molar-refractivity contribution < 1.29 is 9.50 Å². The predicted octanol–water partition coefficient (Wildman–Crippen LogP) is 1.54. The summed E-state index contributed by atoms with van der Waals surface area (Å²) in [5, 5.41) is 18.8. The predicted molar refractivity (Wildman–Crippen MR) is 57.2 cm³/mol. The number of aromatic hydroxyl groups is 1. The summed E-state index contributed by atoms with van der Waals surface area (Å²) >= 11 is 0. The Morgan fingerprint density at radius 3 is 2.75 bits per heavy atom. The maximum Gasteiger partial charge on any atom is 0.127 e. The van der Waals surface area contributed by atoms with Gasteiger partial charge in [0.05, 0.1) is 6.20 Å². The smallest absolute Gasteiger partial charge is 0.127 e. The Morgan fingerprint density at radius 2 is 2.06 bits per heavy atom. The van der Waals surface area contributed by atoms with E-state index in [0.717, 1.165) is 11.6 Å². The van der Waals surface area contributed by atoms with Gasteiger partial charge in [-0.2, -0.15) is 5.10 Å². The quantitative estimate of drug-likeness (QED) is 0.734. The zero-order valence-corrected chi connectivity index (χ0v) is 8.57. The lowest BCUT2D eigenvalue weighted by Crippen LogP contribution is -2.12. The highest BCUT2D eigenvalue weighted by molar-refractivity contribution is 5.28. The first-order valence-electron chi connectivity index (χ1n) is 4.91. The molecule has 0 unspecified atom stereocenters. The number of aromatic amines is 1. The van der Waals surface area contributed by atoms with Crippen LogP contribution in [0.15, 0.2) is 30.6 Å². The van der Waals surface area contributed by atoms with Crippen LogP contribution in [-0.4, -0.2) is 15.3 Å². The minimum atomic E-state index is -0.430. The van der Waals surface area contributed by atoms with Crippen LogP contribution in [0.25, 0.3) is 0 Å². The molecular weight excluding hydrogens is 209 g/mol. The van der Waals surface area contributed by atoms with Crippen molar-refractivity contribution in [2.45, 2.75) is 13.1 Å². The van der Waals surface area contributed by atoms with Crippen LogP contribution in [0.5, 0.6) is 5.75 Å². The number of phenolic OH excluding ortho intramolecular Hbond substituents is 1. The van der Waals surface area contributed by atoms with Gasteiger partial charge in [-0.15, -0.1) is 0 Å². The number of nitrogens with zero attached hydrogens (tertiary/aromatic N) is 1. The van der Waals surface area contributed by atoms with Crippen LogP contribution < -0.4 is 5.32 Å². The molecule has 0 fully saturated rings. The fourth-order valence-electron chi connectivity index (χ4n) is 1.46. The van der Waals surface area contributed by atoms with Crippen LogP contribution in [0.3, 0.4) is 0 Å². The maximum atomic E-state index is 12.9. The molecule has 1 aromatic carbocycles. The second-order valence-electron chi connectivity index (χ2n) is 3.53. The van der Waals surface area contributed by atoms with E-state index < -0.39 is 5.82 Å². The molecule has 0 saturated carbocycles. The van der Waals surface area contributed by atoms with E-state index in [4.69, 9.17) is 0 Å².